The van der Waals surface area contributed by atoms with Crippen molar-refractivity contribution in [2.45, 2.75) is 25.4 Å². The van der Waals surface area contributed by atoms with Crippen molar-refractivity contribution < 1.29 is 9.66 Å². The van der Waals surface area contributed by atoms with Gasteiger partial charge in [0, 0.05) is 0 Å². The molecule has 0 spiro atoms. The van der Waals surface area contributed by atoms with E-state index in [1.807, 2.05) is 24.3 Å². The Labute approximate surface area is 107 Å². The van der Waals surface area contributed by atoms with Crippen LogP contribution in [0, 0.1) is 16.0 Å². The van der Waals surface area contributed by atoms with E-state index in [9.17, 15) is 10.1 Å². The van der Waals surface area contributed by atoms with Gasteiger partial charge in [-0.25, -0.2) is 0 Å². The summed E-state index contributed by atoms with van der Waals surface area (Å²) in [7, 11) is -1.67. The maximum atomic E-state index is 10.9. The largest absolute Gasteiger partial charge is 0.438 e. The maximum absolute atomic E-state index is 10.9. The number of nitro groups is 1. The van der Waals surface area contributed by atoms with Gasteiger partial charge in [0.05, 0.1) is 25.2 Å². The fraction of sp³-hybridized carbons (Fsp3) is 0.385. The van der Waals surface area contributed by atoms with Gasteiger partial charge in [-0.1, -0.05) is 48.6 Å². The molecule has 5 heteroatoms. The second-order valence-corrected chi connectivity index (χ2v) is 10.0. The van der Waals surface area contributed by atoms with Gasteiger partial charge in [0.15, 0.2) is 0 Å². The van der Waals surface area contributed by atoms with E-state index in [2.05, 4.69) is 25.2 Å². The molecule has 1 aromatic carbocycles. The van der Waals surface area contributed by atoms with Crippen molar-refractivity contribution in [1.29, 1.82) is 0 Å². The van der Waals surface area contributed by atoms with E-state index in [4.69, 9.17) is 4.74 Å². The molecule has 0 N–H and O–H groups in total. The summed E-state index contributed by atoms with van der Waals surface area (Å²) >= 11 is 0. The second-order valence-electron chi connectivity index (χ2n) is 5.26. The molecule has 1 aliphatic rings. The minimum Gasteiger partial charge on any atom is -0.438 e. The van der Waals surface area contributed by atoms with E-state index in [1.165, 1.54) is 11.4 Å². The zero-order valence-corrected chi connectivity index (χ0v) is 11.6. The smallest absolute Gasteiger partial charge is 0.359 e. The van der Waals surface area contributed by atoms with Crippen LogP contribution in [0.15, 0.2) is 42.7 Å². The summed E-state index contributed by atoms with van der Waals surface area (Å²) in [5.74, 6) is -0.109. The van der Waals surface area contributed by atoms with Crippen LogP contribution in [0.5, 0.6) is 0 Å². The number of hydrogen-bond donors (Lipinski definition) is 0. The van der Waals surface area contributed by atoms with Gasteiger partial charge in [-0.15, -0.1) is 0 Å². The van der Waals surface area contributed by atoms with Gasteiger partial charge in [0.25, 0.3) is 0 Å². The molecule has 1 heterocycles. The van der Waals surface area contributed by atoms with E-state index in [1.54, 1.807) is 0 Å². The van der Waals surface area contributed by atoms with Crippen LogP contribution in [0.4, 0.5) is 0 Å². The lowest BCUT2D eigenvalue weighted by Crippen LogP contribution is -2.44. The quantitative estimate of drug-likeness (QED) is 0.476. The Morgan fingerprint density at radius 3 is 2.61 bits per heavy atom. The predicted molar refractivity (Wildman–Crippen MR) is 72.9 cm³/mol. The van der Waals surface area contributed by atoms with Crippen LogP contribution in [0.2, 0.25) is 19.1 Å². The third kappa shape index (κ3) is 2.61. The standard InChI is InChI=1S/C13H17NO3Si/c1-18(2,12-6-4-3-5-7-12)10-11-8-9-17-13(11)14(15)16/h3-9,11,13H,10H2,1-2H3/t11-,13+/m0/s1. The van der Waals surface area contributed by atoms with Crippen molar-refractivity contribution >= 4 is 13.3 Å². The van der Waals surface area contributed by atoms with Gasteiger partial charge in [0.1, 0.15) is 0 Å². The topological polar surface area (TPSA) is 52.4 Å². The predicted octanol–water partition coefficient (Wildman–Crippen LogP) is 2.36. The molecule has 2 atom stereocenters. The molecule has 0 bridgehead atoms. The number of ether oxygens (including phenoxy) is 1. The summed E-state index contributed by atoms with van der Waals surface area (Å²) in [6.45, 7) is 4.48. The maximum Gasteiger partial charge on any atom is 0.359 e. The number of benzene rings is 1. The molecule has 0 saturated carbocycles. The highest BCUT2D eigenvalue weighted by Crippen LogP contribution is 2.27. The van der Waals surface area contributed by atoms with Gasteiger partial charge in [-0.05, 0) is 12.1 Å². The molecular formula is C13H17NO3Si. The molecule has 0 amide bonds. The van der Waals surface area contributed by atoms with Crippen molar-refractivity contribution in [3.8, 4) is 0 Å². The lowest BCUT2D eigenvalue weighted by atomic mass is 10.2. The van der Waals surface area contributed by atoms with Gasteiger partial charge in [0.2, 0.25) is 0 Å². The van der Waals surface area contributed by atoms with Crippen LogP contribution < -0.4 is 5.19 Å². The van der Waals surface area contributed by atoms with Crippen molar-refractivity contribution in [1.82, 2.24) is 0 Å². The fourth-order valence-corrected chi connectivity index (χ4v) is 5.24. The van der Waals surface area contributed by atoms with E-state index in [-0.39, 0.29) is 10.8 Å². The van der Waals surface area contributed by atoms with Gasteiger partial charge in [-0.3, -0.25) is 10.1 Å². The van der Waals surface area contributed by atoms with Crippen LogP contribution in [-0.2, 0) is 4.74 Å². The Bertz CT molecular complexity index is 459. The molecule has 0 radical (unpaired) electrons. The first-order valence-corrected chi connectivity index (χ1v) is 9.22. The summed E-state index contributed by atoms with van der Waals surface area (Å²) in [6.07, 6.45) is 2.39. The van der Waals surface area contributed by atoms with E-state index in [0.29, 0.717) is 0 Å². The zero-order valence-electron chi connectivity index (χ0n) is 10.6. The Hall–Kier alpha value is -1.62. The Balaban J connectivity index is 2.13. The highest BCUT2D eigenvalue weighted by atomic mass is 28.3. The van der Waals surface area contributed by atoms with Crippen molar-refractivity contribution in [3.63, 3.8) is 0 Å². The molecule has 1 aliphatic heterocycles. The van der Waals surface area contributed by atoms with Gasteiger partial charge in [-0.2, -0.15) is 0 Å². The Morgan fingerprint density at radius 2 is 2.00 bits per heavy atom. The number of hydrogen-bond acceptors (Lipinski definition) is 3. The molecule has 0 aromatic heterocycles. The molecular weight excluding hydrogens is 246 g/mol. The normalized spacial score (nSPS) is 22.8. The van der Waals surface area contributed by atoms with E-state index in [0.717, 1.165) is 6.04 Å². The van der Waals surface area contributed by atoms with E-state index < -0.39 is 14.3 Å². The SMILES string of the molecule is C[Si](C)(C[C@@H]1C=CO[C@H]1[N+](=O)[O-])c1ccccc1. The summed E-state index contributed by atoms with van der Waals surface area (Å²) in [5.41, 5.74) is 0. The molecule has 1 aromatic rings. The lowest BCUT2D eigenvalue weighted by Gasteiger charge is -2.25. The van der Waals surface area contributed by atoms with Crippen LogP contribution in [0.3, 0.4) is 0 Å². The third-order valence-corrected chi connectivity index (χ3v) is 6.81. The first-order chi connectivity index (χ1) is 8.50. The molecule has 0 unspecified atom stereocenters. The highest BCUT2D eigenvalue weighted by molar-refractivity contribution is 6.89. The van der Waals surface area contributed by atoms with Gasteiger partial charge < -0.3 is 4.74 Å². The molecule has 4 nitrogen and oxygen atoms in total. The third-order valence-electron chi connectivity index (χ3n) is 3.42. The van der Waals surface area contributed by atoms with Crippen LogP contribution in [-0.4, -0.2) is 19.2 Å². The number of rotatable bonds is 4. The van der Waals surface area contributed by atoms with Crippen LogP contribution >= 0.6 is 0 Å². The molecule has 96 valence electrons. The number of nitrogens with zero attached hydrogens (tertiary/aromatic N) is 1. The molecule has 0 fully saturated rings. The minimum atomic E-state index is -1.67. The molecule has 0 aliphatic carbocycles. The zero-order chi connectivity index (χ0) is 13.2. The first kappa shape index (κ1) is 12.8. The molecule has 2 rings (SSSR count). The Morgan fingerprint density at radius 1 is 1.33 bits per heavy atom. The van der Waals surface area contributed by atoms with Crippen LogP contribution in [0.1, 0.15) is 0 Å². The lowest BCUT2D eigenvalue weighted by molar-refractivity contribution is -0.573. The summed E-state index contributed by atoms with van der Waals surface area (Å²) < 4.78 is 5.05. The van der Waals surface area contributed by atoms with E-state index >= 15 is 0 Å². The summed E-state index contributed by atoms with van der Waals surface area (Å²) in [4.78, 5) is 10.6. The summed E-state index contributed by atoms with van der Waals surface area (Å²) in [6, 6.07) is 11.1. The fourth-order valence-electron chi connectivity index (χ4n) is 2.39. The first-order valence-electron chi connectivity index (χ1n) is 6.02. The van der Waals surface area contributed by atoms with Gasteiger partial charge >= 0.3 is 6.23 Å². The summed E-state index contributed by atoms with van der Waals surface area (Å²) in [5, 5.41) is 12.2. The van der Waals surface area contributed by atoms with Crippen molar-refractivity contribution in [2.75, 3.05) is 0 Å². The van der Waals surface area contributed by atoms with Crippen molar-refractivity contribution in [3.05, 3.63) is 52.8 Å². The van der Waals surface area contributed by atoms with Crippen molar-refractivity contribution in [2.24, 2.45) is 5.92 Å². The second kappa shape index (κ2) is 4.94. The highest BCUT2D eigenvalue weighted by Gasteiger charge is 2.39. The minimum absolute atomic E-state index is 0.109. The Kier molecular flexibility index (Phi) is 3.52. The molecule has 0 saturated heterocycles. The average molecular weight is 263 g/mol. The average Bonchev–Trinajstić information content (AvgIpc) is 2.78. The van der Waals surface area contributed by atoms with Crippen LogP contribution in [0.25, 0.3) is 0 Å². The molecule has 18 heavy (non-hydrogen) atoms. The monoisotopic (exact) mass is 263 g/mol.